The van der Waals surface area contributed by atoms with Gasteiger partial charge in [0.15, 0.2) is 0 Å². The Morgan fingerprint density at radius 1 is 0.903 bits per heavy atom. The van der Waals surface area contributed by atoms with Crippen molar-refractivity contribution in [3.8, 4) is 5.75 Å². The summed E-state index contributed by atoms with van der Waals surface area (Å²) in [6, 6.07) is 15.6. The molecule has 1 fully saturated rings. The van der Waals surface area contributed by atoms with Crippen LogP contribution in [0.3, 0.4) is 0 Å². The molecule has 5 nitrogen and oxygen atoms in total. The van der Waals surface area contributed by atoms with Gasteiger partial charge in [0, 0.05) is 11.3 Å². The second-order valence-corrected chi connectivity index (χ2v) is 7.54. The first-order valence-corrected chi connectivity index (χ1v) is 9.71. The van der Waals surface area contributed by atoms with E-state index in [1.54, 1.807) is 18.2 Å². The predicted molar refractivity (Wildman–Crippen MR) is 115 cm³/mol. The maximum atomic E-state index is 13.3. The van der Waals surface area contributed by atoms with Crippen molar-refractivity contribution in [3.05, 3.63) is 100 Å². The Balaban J connectivity index is 1.95. The molecule has 31 heavy (non-hydrogen) atoms. The molecule has 1 heterocycles. The number of ketones is 1. The van der Waals surface area contributed by atoms with E-state index in [2.05, 4.69) is 0 Å². The SMILES string of the molecule is Cc1ccc(N2C(=O)C(=O)/C(=C(/O)c3ccc(F)cc3)C2c2ccc(O)cc2)cc1C. The maximum Gasteiger partial charge on any atom is 0.300 e. The summed E-state index contributed by atoms with van der Waals surface area (Å²) in [6.07, 6.45) is 0. The number of carbonyl (C=O) groups excluding carboxylic acids is 2. The van der Waals surface area contributed by atoms with E-state index in [4.69, 9.17) is 0 Å². The number of benzene rings is 3. The Morgan fingerprint density at radius 3 is 2.16 bits per heavy atom. The Kier molecular flexibility index (Phi) is 5.07. The van der Waals surface area contributed by atoms with Crippen LogP contribution < -0.4 is 4.90 Å². The van der Waals surface area contributed by atoms with Crippen LogP contribution in [-0.2, 0) is 9.59 Å². The van der Waals surface area contributed by atoms with E-state index in [0.29, 0.717) is 11.3 Å². The van der Waals surface area contributed by atoms with Crippen LogP contribution in [0.5, 0.6) is 5.75 Å². The molecular weight excluding hydrogens is 397 g/mol. The fraction of sp³-hybridized carbons (Fsp3) is 0.120. The minimum absolute atomic E-state index is 0.0328. The Labute approximate surface area is 178 Å². The molecule has 0 spiro atoms. The Morgan fingerprint density at radius 2 is 1.55 bits per heavy atom. The third kappa shape index (κ3) is 3.57. The monoisotopic (exact) mass is 417 g/mol. The number of phenols is 1. The van der Waals surface area contributed by atoms with Crippen molar-refractivity contribution in [2.75, 3.05) is 4.90 Å². The highest BCUT2D eigenvalue weighted by Crippen LogP contribution is 2.42. The standard InChI is InChI=1S/C25H20FNO4/c1-14-3-10-19(13-15(14)2)27-22(16-6-11-20(28)12-7-16)21(24(30)25(27)31)23(29)17-4-8-18(26)9-5-17/h3-13,22,28-29H,1-2H3/b23-21+. The summed E-state index contributed by atoms with van der Waals surface area (Å²) in [5.41, 5.74) is 3.17. The third-order valence-corrected chi connectivity index (χ3v) is 5.54. The highest BCUT2D eigenvalue weighted by Gasteiger charge is 2.47. The molecule has 156 valence electrons. The number of Topliss-reactive ketones (excluding diaryl/α,β-unsaturated/α-hetero) is 1. The molecule has 3 aromatic rings. The van der Waals surface area contributed by atoms with E-state index in [0.717, 1.165) is 11.1 Å². The average Bonchev–Trinajstić information content (AvgIpc) is 3.01. The summed E-state index contributed by atoms with van der Waals surface area (Å²) >= 11 is 0. The number of rotatable bonds is 3. The molecule has 0 saturated carbocycles. The van der Waals surface area contributed by atoms with Gasteiger partial charge in [-0.05, 0) is 79.1 Å². The van der Waals surface area contributed by atoms with E-state index >= 15 is 0 Å². The molecule has 6 heteroatoms. The molecule has 1 atom stereocenters. The van der Waals surface area contributed by atoms with Gasteiger partial charge in [-0.3, -0.25) is 14.5 Å². The Bertz CT molecular complexity index is 1210. The lowest BCUT2D eigenvalue weighted by Crippen LogP contribution is -2.29. The molecule has 1 saturated heterocycles. The van der Waals surface area contributed by atoms with Gasteiger partial charge in [0.25, 0.3) is 11.7 Å². The zero-order valence-corrected chi connectivity index (χ0v) is 17.0. The topological polar surface area (TPSA) is 77.8 Å². The van der Waals surface area contributed by atoms with E-state index in [-0.39, 0.29) is 22.6 Å². The van der Waals surface area contributed by atoms with Crippen molar-refractivity contribution in [3.63, 3.8) is 0 Å². The molecule has 3 aromatic carbocycles. The molecule has 1 amide bonds. The molecule has 1 aliphatic heterocycles. The third-order valence-electron chi connectivity index (χ3n) is 5.54. The van der Waals surface area contributed by atoms with Crippen LogP contribution in [0.15, 0.2) is 72.3 Å². The average molecular weight is 417 g/mol. The number of phenolic OH excluding ortho intramolecular Hbond substituents is 1. The molecule has 1 aliphatic rings. The number of hydrogen-bond donors (Lipinski definition) is 2. The van der Waals surface area contributed by atoms with Crippen LogP contribution >= 0.6 is 0 Å². The number of carbonyl (C=O) groups is 2. The van der Waals surface area contributed by atoms with Gasteiger partial charge in [-0.25, -0.2) is 4.39 Å². The van der Waals surface area contributed by atoms with Crippen molar-refractivity contribution in [2.24, 2.45) is 0 Å². The van der Waals surface area contributed by atoms with Crippen molar-refractivity contribution >= 4 is 23.1 Å². The number of anilines is 1. The Hall–Kier alpha value is -3.93. The van der Waals surface area contributed by atoms with Crippen LogP contribution in [0.4, 0.5) is 10.1 Å². The van der Waals surface area contributed by atoms with Gasteiger partial charge in [0.1, 0.15) is 17.3 Å². The number of aromatic hydroxyl groups is 1. The van der Waals surface area contributed by atoms with Gasteiger partial charge < -0.3 is 10.2 Å². The summed E-state index contributed by atoms with van der Waals surface area (Å²) in [5.74, 6) is -2.45. The first-order chi connectivity index (χ1) is 14.8. The quantitative estimate of drug-likeness (QED) is 0.365. The van der Waals surface area contributed by atoms with Gasteiger partial charge in [-0.1, -0.05) is 18.2 Å². The molecule has 1 unspecified atom stereocenters. The fourth-order valence-electron chi connectivity index (χ4n) is 3.71. The lowest BCUT2D eigenvalue weighted by Gasteiger charge is -2.26. The van der Waals surface area contributed by atoms with Gasteiger partial charge >= 0.3 is 0 Å². The molecule has 4 rings (SSSR count). The summed E-state index contributed by atoms with van der Waals surface area (Å²) in [5, 5.41) is 20.6. The van der Waals surface area contributed by atoms with Crippen molar-refractivity contribution in [1.29, 1.82) is 0 Å². The predicted octanol–water partition coefficient (Wildman–Crippen LogP) is 4.77. The molecule has 0 aromatic heterocycles. The summed E-state index contributed by atoms with van der Waals surface area (Å²) in [4.78, 5) is 27.5. The molecule has 2 N–H and O–H groups in total. The van der Waals surface area contributed by atoms with Gasteiger partial charge in [-0.15, -0.1) is 0 Å². The summed E-state index contributed by atoms with van der Waals surface area (Å²) in [7, 11) is 0. The molecule has 0 radical (unpaired) electrons. The van der Waals surface area contributed by atoms with E-state index < -0.39 is 23.5 Å². The molecule has 0 aliphatic carbocycles. The second-order valence-electron chi connectivity index (χ2n) is 7.54. The number of nitrogens with zero attached hydrogens (tertiary/aromatic N) is 1. The van der Waals surface area contributed by atoms with Crippen LogP contribution in [0.1, 0.15) is 28.3 Å². The molecule has 0 bridgehead atoms. The highest BCUT2D eigenvalue weighted by molar-refractivity contribution is 6.51. The van der Waals surface area contributed by atoms with Crippen LogP contribution in [-0.4, -0.2) is 21.9 Å². The van der Waals surface area contributed by atoms with E-state index in [1.807, 2.05) is 26.0 Å². The van der Waals surface area contributed by atoms with Crippen molar-refractivity contribution < 1.29 is 24.2 Å². The van der Waals surface area contributed by atoms with Crippen molar-refractivity contribution in [2.45, 2.75) is 19.9 Å². The normalized spacial score (nSPS) is 17.9. The zero-order valence-electron chi connectivity index (χ0n) is 17.0. The van der Waals surface area contributed by atoms with Gasteiger partial charge in [0.2, 0.25) is 0 Å². The van der Waals surface area contributed by atoms with Crippen LogP contribution in [0, 0.1) is 19.7 Å². The smallest absolute Gasteiger partial charge is 0.300 e. The maximum absolute atomic E-state index is 13.3. The summed E-state index contributed by atoms with van der Waals surface area (Å²) in [6.45, 7) is 3.85. The fourth-order valence-corrected chi connectivity index (χ4v) is 3.71. The largest absolute Gasteiger partial charge is 0.508 e. The first kappa shape index (κ1) is 20.3. The molecular formula is C25H20FNO4. The number of aliphatic hydroxyl groups is 1. The first-order valence-electron chi connectivity index (χ1n) is 9.71. The van der Waals surface area contributed by atoms with E-state index in [9.17, 15) is 24.2 Å². The van der Waals surface area contributed by atoms with Gasteiger partial charge in [0.05, 0.1) is 11.6 Å². The minimum Gasteiger partial charge on any atom is -0.508 e. The highest BCUT2D eigenvalue weighted by atomic mass is 19.1. The zero-order chi connectivity index (χ0) is 22.3. The van der Waals surface area contributed by atoms with Crippen LogP contribution in [0.2, 0.25) is 0 Å². The van der Waals surface area contributed by atoms with Gasteiger partial charge in [-0.2, -0.15) is 0 Å². The second kappa shape index (κ2) is 7.72. The number of halogens is 1. The number of aliphatic hydroxyl groups excluding tert-OH is 1. The summed E-state index contributed by atoms with van der Waals surface area (Å²) < 4.78 is 13.3. The van der Waals surface area contributed by atoms with Crippen LogP contribution in [0.25, 0.3) is 5.76 Å². The number of aryl methyl sites for hydroxylation is 2. The number of amides is 1. The minimum atomic E-state index is -0.909. The van der Waals surface area contributed by atoms with E-state index in [1.165, 1.54) is 41.3 Å². The number of hydrogen-bond acceptors (Lipinski definition) is 4. The lowest BCUT2D eigenvalue weighted by molar-refractivity contribution is -0.132. The lowest BCUT2D eigenvalue weighted by atomic mass is 9.95. The van der Waals surface area contributed by atoms with Crippen molar-refractivity contribution in [1.82, 2.24) is 0 Å².